The number of fused-ring (bicyclic) bond motifs is 1. The minimum atomic E-state index is 0.589. The summed E-state index contributed by atoms with van der Waals surface area (Å²) in [6.07, 6.45) is 3.94. The second kappa shape index (κ2) is 7.72. The summed E-state index contributed by atoms with van der Waals surface area (Å²) in [4.78, 5) is 7.23. The average Bonchev–Trinajstić information content (AvgIpc) is 3.23. The summed E-state index contributed by atoms with van der Waals surface area (Å²) in [6, 6.07) is 14.7. The smallest absolute Gasteiger partial charge is 0.187 e. The molecule has 144 valence electrons. The van der Waals surface area contributed by atoms with E-state index in [9.17, 15) is 0 Å². The largest absolute Gasteiger partial charge is 0.486 e. The van der Waals surface area contributed by atoms with Gasteiger partial charge in [-0.1, -0.05) is 12.1 Å². The van der Waals surface area contributed by atoms with Gasteiger partial charge in [-0.2, -0.15) is 0 Å². The summed E-state index contributed by atoms with van der Waals surface area (Å²) in [5.74, 6) is 1.58. The molecule has 3 aromatic rings. The number of benzene rings is 2. The van der Waals surface area contributed by atoms with Gasteiger partial charge in [-0.05, 0) is 43.5 Å². The van der Waals surface area contributed by atoms with E-state index in [1.165, 1.54) is 38.0 Å². The highest BCUT2D eigenvalue weighted by atomic mass is 32.1. The normalized spacial score (nSPS) is 16.1. The lowest BCUT2D eigenvalue weighted by Crippen LogP contribution is -2.29. The number of nitrogens with zero attached hydrogens (tertiary/aromatic N) is 2. The molecule has 0 unspecified atom stereocenters. The lowest BCUT2D eigenvalue weighted by Gasteiger charge is -2.28. The van der Waals surface area contributed by atoms with Gasteiger partial charge in [-0.3, -0.25) is 0 Å². The predicted octanol–water partition coefficient (Wildman–Crippen LogP) is 5.32. The standard InChI is InChI=1S/C22H23N3O2S/c1-2-10-25(11-3-1)18-7-4-16(5-8-18)19-15-28-22(24-19)23-17-6-9-20-21(14-17)27-13-12-26-20/h4-9,14-15H,1-3,10-13H2,(H,23,24). The lowest BCUT2D eigenvalue weighted by molar-refractivity contribution is 0.171. The summed E-state index contributed by atoms with van der Waals surface area (Å²) in [5, 5.41) is 6.33. The Bertz CT molecular complexity index is 949. The highest BCUT2D eigenvalue weighted by molar-refractivity contribution is 7.14. The zero-order valence-electron chi connectivity index (χ0n) is 15.7. The minimum Gasteiger partial charge on any atom is -0.486 e. The highest BCUT2D eigenvalue weighted by Gasteiger charge is 2.13. The van der Waals surface area contributed by atoms with Gasteiger partial charge in [0.15, 0.2) is 16.6 Å². The number of ether oxygens (including phenoxy) is 2. The fourth-order valence-electron chi connectivity index (χ4n) is 3.70. The van der Waals surface area contributed by atoms with E-state index in [2.05, 4.69) is 39.9 Å². The van der Waals surface area contributed by atoms with Crippen molar-refractivity contribution in [3.63, 3.8) is 0 Å². The van der Waals surface area contributed by atoms with E-state index < -0.39 is 0 Å². The molecule has 2 aliphatic heterocycles. The van der Waals surface area contributed by atoms with Gasteiger partial charge in [-0.25, -0.2) is 4.98 Å². The molecule has 1 N–H and O–H groups in total. The zero-order chi connectivity index (χ0) is 18.8. The molecule has 5 nitrogen and oxygen atoms in total. The van der Waals surface area contributed by atoms with Crippen LogP contribution in [0.5, 0.6) is 11.5 Å². The zero-order valence-corrected chi connectivity index (χ0v) is 16.5. The van der Waals surface area contributed by atoms with Crippen molar-refractivity contribution >= 4 is 27.8 Å². The van der Waals surface area contributed by atoms with Crippen molar-refractivity contribution in [2.45, 2.75) is 19.3 Å². The van der Waals surface area contributed by atoms with Gasteiger partial charge in [0.05, 0.1) is 5.69 Å². The van der Waals surface area contributed by atoms with Crippen LogP contribution in [0.2, 0.25) is 0 Å². The van der Waals surface area contributed by atoms with Crippen molar-refractivity contribution in [2.75, 3.05) is 36.5 Å². The summed E-state index contributed by atoms with van der Waals surface area (Å²) in [7, 11) is 0. The van der Waals surface area contributed by atoms with E-state index in [0.717, 1.165) is 33.6 Å². The third-order valence-corrected chi connectivity index (χ3v) is 5.94. The molecule has 5 rings (SSSR count). The van der Waals surface area contributed by atoms with Gasteiger partial charge in [0.2, 0.25) is 0 Å². The Labute approximate surface area is 168 Å². The molecule has 3 heterocycles. The number of anilines is 3. The molecule has 28 heavy (non-hydrogen) atoms. The van der Waals surface area contributed by atoms with Crippen LogP contribution in [0.3, 0.4) is 0 Å². The van der Waals surface area contributed by atoms with Crippen LogP contribution in [0.15, 0.2) is 47.8 Å². The van der Waals surface area contributed by atoms with Crippen LogP contribution in [-0.2, 0) is 0 Å². The molecule has 0 amide bonds. The summed E-state index contributed by atoms with van der Waals surface area (Å²) >= 11 is 1.60. The Hall–Kier alpha value is -2.73. The van der Waals surface area contributed by atoms with Gasteiger partial charge in [0, 0.05) is 41.5 Å². The Kier molecular flexibility index (Phi) is 4.79. The average molecular weight is 394 g/mol. The van der Waals surface area contributed by atoms with Crippen LogP contribution in [0.25, 0.3) is 11.3 Å². The molecule has 1 fully saturated rings. The van der Waals surface area contributed by atoms with Crippen molar-refractivity contribution in [2.24, 2.45) is 0 Å². The molecule has 0 radical (unpaired) electrons. The van der Waals surface area contributed by atoms with E-state index in [4.69, 9.17) is 14.5 Å². The molecule has 1 aromatic heterocycles. The molecular weight excluding hydrogens is 370 g/mol. The van der Waals surface area contributed by atoms with Crippen molar-refractivity contribution < 1.29 is 9.47 Å². The fraction of sp³-hybridized carbons (Fsp3) is 0.318. The Morgan fingerprint density at radius 3 is 2.50 bits per heavy atom. The SMILES string of the molecule is c1cc2c(cc1Nc1nc(-c3ccc(N4CCCCC4)cc3)cs1)OCCO2. The molecule has 0 atom stereocenters. The number of piperidine rings is 1. The first-order valence-electron chi connectivity index (χ1n) is 9.83. The maximum absolute atomic E-state index is 5.65. The van der Waals surface area contributed by atoms with Crippen LogP contribution < -0.4 is 19.7 Å². The molecule has 0 spiro atoms. The quantitative estimate of drug-likeness (QED) is 0.650. The maximum Gasteiger partial charge on any atom is 0.187 e. The molecule has 0 bridgehead atoms. The lowest BCUT2D eigenvalue weighted by atomic mass is 10.1. The van der Waals surface area contributed by atoms with Gasteiger partial charge in [-0.15, -0.1) is 11.3 Å². The Balaban J connectivity index is 1.29. The predicted molar refractivity (Wildman–Crippen MR) is 114 cm³/mol. The number of aromatic nitrogens is 1. The number of thiazole rings is 1. The van der Waals surface area contributed by atoms with E-state index in [0.29, 0.717) is 13.2 Å². The van der Waals surface area contributed by atoms with Crippen molar-refractivity contribution in [1.82, 2.24) is 4.98 Å². The molecule has 0 aliphatic carbocycles. The number of rotatable bonds is 4. The third kappa shape index (κ3) is 3.64. The van der Waals surface area contributed by atoms with E-state index in [-0.39, 0.29) is 0 Å². The second-order valence-electron chi connectivity index (χ2n) is 7.12. The van der Waals surface area contributed by atoms with Gasteiger partial charge >= 0.3 is 0 Å². The first-order valence-corrected chi connectivity index (χ1v) is 10.7. The summed E-state index contributed by atoms with van der Waals surface area (Å²) < 4.78 is 11.2. The highest BCUT2D eigenvalue weighted by Crippen LogP contribution is 2.35. The molecule has 6 heteroatoms. The van der Waals surface area contributed by atoms with Crippen molar-refractivity contribution in [1.29, 1.82) is 0 Å². The first kappa shape index (κ1) is 17.4. The number of hydrogen-bond acceptors (Lipinski definition) is 6. The van der Waals surface area contributed by atoms with E-state index >= 15 is 0 Å². The van der Waals surface area contributed by atoms with Gasteiger partial charge in [0.1, 0.15) is 13.2 Å². The van der Waals surface area contributed by atoms with Crippen LogP contribution >= 0.6 is 11.3 Å². The number of nitrogens with one attached hydrogen (secondary N) is 1. The minimum absolute atomic E-state index is 0.589. The Morgan fingerprint density at radius 1 is 0.893 bits per heavy atom. The first-order chi connectivity index (χ1) is 13.8. The molecule has 0 saturated carbocycles. The summed E-state index contributed by atoms with van der Waals surface area (Å²) in [6.45, 7) is 3.52. The summed E-state index contributed by atoms with van der Waals surface area (Å²) in [5.41, 5.74) is 4.40. The molecule has 1 saturated heterocycles. The van der Waals surface area contributed by atoms with E-state index in [1.54, 1.807) is 11.3 Å². The van der Waals surface area contributed by atoms with Crippen LogP contribution in [0.4, 0.5) is 16.5 Å². The van der Waals surface area contributed by atoms with Crippen molar-refractivity contribution in [3.05, 3.63) is 47.8 Å². The molecular formula is C22H23N3O2S. The topological polar surface area (TPSA) is 46.6 Å². The van der Waals surface area contributed by atoms with Crippen LogP contribution in [0.1, 0.15) is 19.3 Å². The number of hydrogen-bond donors (Lipinski definition) is 1. The van der Waals surface area contributed by atoms with Crippen LogP contribution in [-0.4, -0.2) is 31.3 Å². The second-order valence-corrected chi connectivity index (χ2v) is 7.97. The maximum atomic E-state index is 5.65. The fourth-order valence-corrected chi connectivity index (χ4v) is 4.44. The third-order valence-electron chi connectivity index (χ3n) is 5.18. The van der Waals surface area contributed by atoms with Crippen LogP contribution in [0, 0.1) is 0 Å². The Morgan fingerprint density at radius 2 is 1.68 bits per heavy atom. The monoisotopic (exact) mass is 393 g/mol. The van der Waals surface area contributed by atoms with E-state index in [1.807, 2.05) is 18.2 Å². The molecule has 2 aromatic carbocycles. The van der Waals surface area contributed by atoms with Crippen molar-refractivity contribution in [3.8, 4) is 22.8 Å². The van der Waals surface area contributed by atoms with Gasteiger partial charge < -0.3 is 19.7 Å². The van der Waals surface area contributed by atoms with Gasteiger partial charge in [0.25, 0.3) is 0 Å². The molecule has 2 aliphatic rings.